The number of rotatable bonds is 6. The predicted molar refractivity (Wildman–Crippen MR) is 109 cm³/mol. The standard InChI is InChI=1S/C19H23N3O2.2ClH/c20-11-19(23)22-16-10-17(21-12-16)13-24-18-8-6-15(7-9-18)14-4-2-1-3-5-14;;/h1-9,16-17,21H,10-13,20H2,(H,22,23);2*1H/t16-,17+;;/m0../s1. The minimum absolute atomic E-state index is 0. The number of nitrogens with one attached hydrogen (secondary N) is 2. The lowest BCUT2D eigenvalue weighted by Crippen LogP contribution is -2.39. The summed E-state index contributed by atoms with van der Waals surface area (Å²) >= 11 is 0. The topological polar surface area (TPSA) is 76.4 Å². The van der Waals surface area contributed by atoms with Crippen LogP contribution in [0.3, 0.4) is 0 Å². The fraction of sp³-hybridized carbons (Fsp3) is 0.316. The Morgan fingerprint density at radius 3 is 2.38 bits per heavy atom. The van der Waals surface area contributed by atoms with Crippen LogP contribution in [0.5, 0.6) is 5.75 Å². The molecule has 1 aliphatic rings. The molecule has 1 amide bonds. The van der Waals surface area contributed by atoms with Crippen LogP contribution in [0.25, 0.3) is 11.1 Å². The number of ether oxygens (including phenoxy) is 1. The zero-order valence-corrected chi connectivity index (χ0v) is 16.0. The molecule has 26 heavy (non-hydrogen) atoms. The maximum atomic E-state index is 11.3. The molecule has 0 spiro atoms. The number of nitrogens with two attached hydrogens (primary N) is 1. The Hall–Kier alpha value is -1.79. The van der Waals surface area contributed by atoms with Crippen LogP contribution < -0.4 is 21.1 Å². The molecule has 5 nitrogen and oxygen atoms in total. The smallest absolute Gasteiger partial charge is 0.233 e. The molecule has 2 aromatic carbocycles. The number of hydrogen-bond acceptors (Lipinski definition) is 4. The summed E-state index contributed by atoms with van der Waals surface area (Å²) < 4.78 is 5.86. The van der Waals surface area contributed by atoms with E-state index in [9.17, 15) is 4.79 Å². The van der Waals surface area contributed by atoms with Crippen molar-refractivity contribution in [1.29, 1.82) is 0 Å². The van der Waals surface area contributed by atoms with Crippen molar-refractivity contribution in [2.24, 2.45) is 5.73 Å². The van der Waals surface area contributed by atoms with E-state index in [-0.39, 0.29) is 49.3 Å². The maximum Gasteiger partial charge on any atom is 0.233 e. The van der Waals surface area contributed by atoms with Crippen LogP contribution in [-0.4, -0.2) is 37.7 Å². The highest BCUT2D eigenvalue weighted by molar-refractivity contribution is 5.85. The van der Waals surface area contributed by atoms with Crippen LogP contribution in [-0.2, 0) is 4.79 Å². The molecule has 7 heteroatoms. The van der Waals surface area contributed by atoms with E-state index in [2.05, 4.69) is 34.9 Å². The van der Waals surface area contributed by atoms with Gasteiger partial charge in [0, 0.05) is 18.6 Å². The molecule has 0 radical (unpaired) electrons. The average Bonchev–Trinajstić information content (AvgIpc) is 3.08. The van der Waals surface area contributed by atoms with E-state index < -0.39 is 0 Å². The summed E-state index contributed by atoms with van der Waals surface area (Å²) in [4.78, 5) is 11.3. The van der Waals surface area contributed by atoms with Crippen LogP contribution in [0.2, 0.25) is 0 Å². The number of hydrogen-bond donors (Lipinski definition) is 3. The summed E-state index contributed by atoms with van der Waals surface area (Å²) in [5, 5.41) is 6.26. The predicted octanol–water partition coefficient (Wildman–Crippen LogP) is 2.38. The van der Waals surface area contributed by atoms with E-state index in [4.69, 9.17) is 10.5 Å². The van der Waals surface area contributed by atoms with Crippen molar-refractivity contribution in [1.82, 2.24) is 10.6 Å². The molecular formula is C19H25Cl2N3O2. The van der Waals surface area contributed by atoms with Gasteiger partial charge in [0.05, 0.1) is 6.54 Å². The third-order valence-corrected chi connectivity index (χ3v) is 4.19. The highest BCUT2D eigenvalue weighted by Gasteiger charge is 2.25. The molecular weight excluding hydrogens is 373 g/mol. The molecule has 0 aromatic heterocycles. The second kappa shape index (κ2) is 11.0. The molecule has 1 heterocycles. The first kappa shape index (κ1) is 22.3. The molecule has 0 saturated carbocycles. The zero-order valence-electron chi connectivity index (χ0n) is 14.4. The second-order valence-electron chi connectivity index (χ2n) is 6.01. The van der Waals surface area contributed by atoms with E-state index in [0.29, 0.717) is 6.61 Å². The zero-order chi connectivity index (χ0) is 16.8. The molecule has 3 rings (SSSR count). The quantitative estimate of drug-likeness (QED) is 0.699. The Bertz CT molecular complexity index is 668. The lowest BCUT2D eigenvalue weighted by atomic mass is 10.1. The Labute approximate surface area is 166 Å². The van der Waals surface area contributed by atoms with Gasteiger partial charge in [-0.25, -0.2) is 0 Å². The largest absolute Gasteiger partial charge is 0.492 e. The van der Waals surface area contributed by atoms with Gasteiger partial charge < -0.3 is 21.1 Å². The summed E-state index contributed by atoms with van der Waals surface area (Å²) in [6.07, 6.45) is 0.855. The summed E-state index contributed by atoms with van der Waals surface area (Å²) in [6, 6.07) is 18.7. The van der Waals surface area contributed by atoms with Gasteiger partial charge in [0.15, 0.2) is 0 Å². The normalized spacial score (nSPS) is 18.3. The first-order valence-electron chi connectivity index (χ1n) is 8.25. The summed E-state index contributed by atoms with van der Waals surface area (Å²) in [7, 11) is 0. The average molecular weight is 398 g/mol. The van der Waals surface area contributed by atoms with Crippen molar-refractivity contribution in [2.45, 2.75) is 18.5 Å². The number of amides is 1. The lowest BCUT2D eigenvalue weighted by molar-refractivity contribution is -0.120. The number of benzene rings is 2. The van der Waals surface area contributed by atoms with E-state index >= 15 is 0 Å². The van der Waals surface area contributed by atoms with Crippen molar-refractivity contribution in [3.05, 3.63) is 54.6 Å². The lowest BCUT2D eigenvalue weighted by Gasteiger charge is -2.13. The maximum absolute atomic E-state index is 11.3. The van der Waals surface area contributed by atoms with Gasteiger partial charge in [-0.1, -0.05) is 42.5 Å². The Morgan fingerprint density at radius 1 is 1.08 bits per heavy atom. The Kier molecular flexibility index (Phi) is 9.44. The van der Waals surface area contributed by atoms with E-state index in [1.807, 2.05) is 30.3 Å². The van der Waals surface area contributed by atoms with Gasteiger partial charge in [-0.15, -0.1) is 24.8 Å². The first-order chi connectivity index (χ1) is 11.7. The van der Waals surface area contributed by atoms with Crippen LogP contribution in [0.4, 0.5) is 0 Å². The minimum atomic E-state index is -0.111. The number of carbonyl (C=O) groups is 1. The van der Waals surface area contributed by atoms with Crippen LogP contribution >= 0.6 is 24.8 Å². The monoisotopic (exact) mass is 397 g/mol. The highest BCUT2D eigenvalue weighted by atomic mass is 35.5. The molecule has 1 aliphatic heterocycles. The Balaban J connectivity index is 0.00000169. The molecule has 142 valence electrons. The van der Waals surface area contributed by atoms with Gasteiger partial charge in [0.1, 0.15) is 12.4 Å². The van der Waals surface area contributed by atoms with Gasteiger partial charge in [0.25, 0.3) is 0 Å². The van der Waals surface area contributed by atoms with Crippen LogP contribution in [0.1, 0.15) is 6.42 Å². The van der Waals surface area contributed by atoms with Crippen molar-refractivity contribution in [3.8, 4) is 16.9 Å². The molecule has 4 N–H and O–H groups in total. The molecule has 0 bridgehead atoms. The van der Waals surface area contributed by atoms with Gasteiger partial charge in [-0.2, -0.15) is 0 Å². The number of halogens is 2. The Morgan fingerprint density at radius 2 is 1.73 bits per heavy atom. The third-order valence-electron chi connectivity index (χ3n) is 4.19. The van der Waals surface area contributed by atoms with E-state index in [1.165, 1.54) is 11.1 Å². The van der Waals surface area contributed by atoms with Gasteiger partial charge >= 0.3 is 0 Å². The van der Waals surface area contributed by atoms with Crippen molar-refractivity contribution in [2.75, 3.05) is 19.7 Å². The fourth-order valence-electron chi connectivity index (χ4n) is 2.91. The van der Waals surface area contributed by atoms with Gasteiger partial charge in [0.2, 0.25) is 5.91 Å². The summed E-state index contributed by atoms with van der Waals surface area (Å²) in [5.41, 5.74) is 7.68. The molecule has 1 saturated heterocycles. The molecule has 1 fully saturated rings. The summed E-state index contributed by atoms with van der Waals surface area (Å²) in [6.45, 7) is 1.37. The summed E-state index contributed by atoms with van der Waals surface area (Å²) in [5.74, 6) is 0.741. The molecule has 0 aliphatic carbocycles. The molecule has 2 atom stereocenters. The molecule has 0 unspecified atom stereocenters. The van der Waals surface area contributed by atoms with Crippen LogP contribution in [0.15, 0.2) is 54.6 Å². The van der Waals surface area contributed by atoms with Crippen molar-refractivity contribution >= 4 is 30.7 Å². The van der Waals surface area contributed by atoms with E-state index in [0.717, 1.165) is 18.7 Å². The minimum Gasteiger partial charge on any atom is -0.492 e. The van der Waals surface area contributed by atoms with Gasteiger partial charge in [-0.3, -0.25) is 4.79 Å². The fourth-order valence-corrected chi connectivity index (χ4v) is 2.91. The highest BCUT2D eigenvalue weighted by Crippen LogP contribution is 2.22. The van der Waals surface area contributed by atoms with Crippen LogP contribution in [0, 0.1) is 0 Å². The van der Waals surface area contributed by atoms with Crippen molar-refractivity contribution < 1.29 is 9.53 Å². The van der Waals surface area contributed by atoms with Gasteiger partial charge in [-0.05, 0) is 29.7 Å². The first-order valence-corrected chi connectivity index (χ1v) is 8.25. The SMILES string of the molecule is Cl.Cl.NCC(=O)N[C@@H]1CN[C@@H](COc2ccc(-c3ccccc3)cc2)C1. The third kappa shape index (κ3) is 6.18. The van der Waals surface area contributed by atoms with Crippen molar-refractivity contribution in [3.63, 3.8) is 0 Å². The van der Waals surface area contributed by atoms with E-state index in [1.54, 1.807) is 0 Å². The number of carbonyl (C=O) groups excluding carboxylic acids is 1. The second-order valence-corrected chi connectivity index (χ2v) is 6.01. The molecule has 2 aromatic rings.